The highest BCUT2D eigenvalue weighted by atomic mass is 32.1. The predicted octanol–water partition coefficient (Wildman–Crippen LogP) is 4.22. The molecule has 0 amide bonds. The summed E-state index contributed by atoms with van der Waals surface area (Å²) in [7, 11) is 0. The zero-order valence-corrected chi connectivity index (χ0v) is 11.5. The Bertz CT molecular complexity index is 783. The fourth-order valence-corrected chi connectivity index (χ4v) is 4.02. The molecule has 0 saturated heterocycles. The van der Waals surface area contributed by atoms with Crippen LogP contribution in [-0.4, -0.2) is 9.38 Å². The number of thiazole rings is 1. The van der Waals surface area contributed by atoms with Crippen LogP contribution in [-0.2, 0) is 12.8 Å². The lowest BCUT2D eigenvalue weighted by Crippen LogP contribution is -2.01. The van der Waals surface area contributed by atoms with Crippen LogP contribution >= 0.6 is 11.3 Å². The molecule has 0 bridgehead atoms. The lowest BCUT2D eigenvalue weighted by atomic mass is 10.0. The maximum Gasteiger partial charge on any atom is 0.194 e. The van der Waals surface area contributed by atoms with Gasteiger partial charge in [0.05, 0.1) is 11.3 Å². The standard InChI is InChI=1S/C15H12F2N2S/c16-9-4-3-5-10(17)14(9)11-8-19-12-6-1-2-7-13(12)20-15(19)18-11/h3-5,8H,1-2,6-7H2. The van der Waals surface area contributed by atoms with Gasteiger partial charge in [-0.3, -0.25) is 4.40 Å². The Morgan fingerprint density at radius 1 is 1.10 bits per heavy atom. The minimum absolute atomic E-state index is 0.0343. The molecular weight excluding hydrogens is 278 g/mol. The van der Waals surface area contributed by atoms with Crippen LogP contribution in [0.3, 0.4) is 0 Å². The van der Waals surface area contributed by atoms with E-state index in [9.17, 15) is 8.78 Å². The van der Waals surface area contributed by atoms with Crippen molar-refractivity contribution in [3.63, 3.8) is 0 Å². The van der Waals surface area contributed by atoms with Crippen molar-refractivity contribution in [1.82, 2.24) is 9.38 Å². The number of imidazole rings is 1. The maximum atomic E-state index is 13.8. The molecule has 4 rings (SSSR count). The molecule has 0 atom stereocenters. The van der Waals surface area contributed by atoms with E-state index in [1.807, 2.05) is 4.40 Å². The number of halogens is 2. The first-order chi connectivity index (χ1) is 9.74. The van der Waals surface area contributed by atoms with Crippen LogP contribution in [0.2, 0.25) is 0 Å². The maximum absolute atomic E-state index is 13.8. The third kappa shape index (κ3) is 1.69. The van der Waals surface area contributed by atoms with Crippen LogP contribution in [0.4, 0.5) is 8.78 Å². The van der Waals surface area contributed by atoms with Gasteiger partial charge in [0.15, 0.2) is 4.96 Å². The highest BCUT2D eigenvalue weighted by Crippen LogP contribution is 2.33. The van der Waals surface area contributed by atoms with E-state index in [0.717, 1.165) is 17.8 Å². The summed E-state index contributed by atoms with van der Waals surface area (Å²) in [5.74, 6) is -1.13. The number of aryl methyl sites for hydroxylation is 2. The van der Waals surface area contributed by atoms with Gasteiger partial charge in [-0.15, -0.1) is 11.3 Å². The van der Waals surface area contributed by atoms with Crippen LogP contribution < -0.4 is 0 Å². The Balaban J connectivity index is 1.92. The third-order valence-corrected chi connectivity index (χ3v) is 4.94. The molecule has 1 aliphatic carbocycles. The summed E-state index contributed by atoms with van der Waals surface area (Å²) in [4.78, 5) is 6.60. The highest BCUT2D eigenvalue weighted by Gasteiger charge is 2.20. The number of nitrogens with zero attached hydrogens (tertiary/aromatic N) is 2. The molecule has 0 radical (unpaired) electrons. The first kappa shape index (κ1) is 12.0. The average Bonchev–Trinajstić information content (AvgIpc) is 2.96. The van der Waals surface area contributed by atoms with E-state index >= 15 is 0 Å². The van der Waals surface area contributed by atoms with E-state index in [1.165, 1.54) is 41.6 Å². The molecule has 20 heavy (non-hydrogen) atoms. The molecule has 0 N–H and O–H groups in total. The quantitative estimate of drug-likeness (QED) is 0.656. The van der Waals surface area contributed by atoms with Crippen LogP contribution in [0.15, 0.2) is 24.4 Å². The summed E-state index contributed by atoms with van der Waals surface area (Å²) in [5.41, 5.74) is 1.60. The molecule has 2 nitrogen and oxygen atoms in total. The average molecular weight is 290 g/mol. The van der Waals surface area contributed by atoms with Gasteiger partial charge < -0.3 is 0 Å². The van der Waals surface area contributed by atoms with E-state index in [2.05, 4.69) is 4.98 Å². The van der Waals surface area contributed by atoms with Gasteiger partial charge in [0.2, 0.25) is 0 Å². The van der Waals surface area contributed by atoms with E-state index < -0.39 is 11.6 Å². The Hall–Kier alpha value is -1.75. The molecule has 1 aromatic carbocycles. The van der Waals surface area contributed by atoms with Gasteiger partial charge in [0.1, 0.15) is 11.6 Å². The van der Waals surface area contributed by atoms with Gasteiger partial charge in [0, 0.05) is 16.8 Å². The number of aromatic nitrogens is 2. The molecular formula is C15H12F2N2S. The van der Waals surface area contributed by atoms with Crippen molar-refractivity contribution in [2.24, 2.45) is 0 Å². The molecule has 2 heterocycles. The van der Waals surface area contributed by atoms with Gasteiger partial charge in [-0.05, 0) is 37.8 Å². The molecule has 0 unspecified atom stereocenters. The Kier molecular flexibility index (Phi) is 2.63. The number of fused-ring (bicyclic) bond motifs is 3. The summed E-state index contributed by atoms with van der Waals surface area (Å²) in [6, 6.07) is 3.90. The minimum Gasteiger partial charge on any atom is -0.294 e. The zero-order chi connectivity index (χ0) is 13.7. The second-order valence-electron chi connectivity index (χ2n) is 5.05. The Labute approximate surface area is 118 Å². The molecule has 1 aliphatic rings. The van der Waals surface area contributed by atoms with E-state index in [4.69, 9.17) is 0 Å². The summed E-state index contributed by atoms with van der Waals surface area (Å²) in [5, 5.41) is 0. The van der Waals surface area contributed by atoms with Crippen molar-refractivity contribution < 1.29 is 8.78 Å². The zero-order valence-electron chi connectivity index (χ0n) is 10.7. The van der Waals surface area contributed by atoms with Gasteiger partial charge in [-0.2, -0.15) is 0 Å². The number of benzene rings is 1. The number of hydrogen-bond acceptors (Lipinski definition) is 2. The van der Waals surface area contributed by atoms with Gasteiger partial charge in [-0.1, -0.05) is 6.07 Å². The largest absolute Gasteiger partial charge is 0.294 e. The molecule has 0 saturated carbocycles. The minimum atomic E-state index is -0.565. The lowest BCUT2D eigenvalue weighted by molar-refractivity contribution is 0.589. The van der Waals surface area contributed by atoms with Crippen molar-refractivity contribution in [2.75, 3.05) is 0 Å². The molecule has 0 fully saturated rings. The lowest BCUT2D eigenvalue weighted by Gasteiger charge is -2.09. The van der Waals surface area contributed by atoms with E-state index in [-0.39, 0.29) is 5.56 Å². The fourth-order valence-electron chi connectivity index (χ4n) is 2.83. The SMILES string of the molecule is Fc1cccc(F)c1-c1cn2c3c(sc2n1)CCCC3. The molecule has 5 heteroatoms. The summed E-state index contributed by atoms with van der Waals surface area (Å²) in [6.45, 7) is 0. The first-order valence-corrected chi connectivity index (χ1v) is 7.50. The molecule has 0 spiro atoms. The summed E-state index contributed by atoms with van der Waals surface area (Å²) >= 11 is 1.63. The van der Waals surface area contributed by atoms with Crippen LogP contribution in [0.5, 0.6) is 0 Å². The molecule has 2 aromatic heterocycles. The second-order valence-corrected chi connectivity index (χ2v) is 6.12. The molecule has 102 valence electrons. The van der Waals surface area contributed by atoms with Gasteiger partial charge in [-0.25, -0.2) is 13.8 Å². The van der Waals surface area contributed by atoms with Gasteiger partial charge >= 0.3 is 0 Å². The van der Waals surface area contributed by atoms with Crippen molar-refractivity contribution in [3.05, 3.63) is 46.6 Å². The third-order valence-electron chi connectivity index (χ3n) is 3.79. The van der Waals surface area contributed by atoms with Gasteiger partial charge in [0.25, 0.3) is 0 Å². The van der Waals surface area contributed by atoms with Crippen LogP contribution in [0.1, 0.15) is 23.4 Å². The molecule has 3 aromatic rings. The fraction of sp³-hybridized carbons (Fsp3) is 0.267. The second kappa shape index (κ2) is 4.38. The smallest absolute Gasteiger partial charge is 0.194 e. The number of rotatable bonds is 1. The Morgan fingerprint density at radius 2 is 1.85 bits per heavy atom. The summed E-state index contributed by atoms with van der Waals surface area (Å²) in [6.07, 6.45) is 6.25. The monoisotopic (exact) mass is 290 g/mol. The van der Waals surface area contributed by atoms with Crippen LogP contribution in [0.25, 0.3) is 16.2 Å². The first-order valence-electron chi connectivity index (χ1n) is 6.68. The summed E-state index contributed by atoms with van der Waals surface area (Å²) < 4.78 is 29.6. The normalized spacial score (nSPS) is 14.7. The van der Waals surface area contributed by atoms with Crippen molar-refractivity contribution in [3.8, 4) is 11.3 Å². The predicted molar refractivity (Wildman–Crippen MR) is 75.1 cm³/mol. The number of hydrogen-bond donors (Lipinski definition) is 0. The van der Waals surface area contributed by atoms with Crippen molar-refractivity contribution >= 4 is 16.3 Å². The Morgan fingerprint density at radius 3 is 2.65 bits per heavy atom. The van der Waals surface area contributed by atoms with Crippen LogP contribution in [0, 0.1) is 11.6 Å². The topological polar surface area (TPSA) is 17.3 Å². The van der Waals surface area contributed by atoms with E-state index in [0.29, 0.717) is 5.69 Å². The highest BCUT2D eigenvalue weighted by molar-refractivity contribution is 7.17. The van der Waals surface area contributed by atoms with Crippen molar-refractivity contribution in [1.29, 1.82) is 0 Å². The van der Waals surface area contributed by atoms with E-state index in [1.54, 1.807) is 17.5 Å². The van der Waals surface area contributed by atoms with Crippen molar-refractivity contribution in [2.45, 2.75) is 25.7 Å². The molecule has 0 aliphatic heterocycles.